The molecule has 29 heavy (non-hydrogen) atoms. The second-order valence-corrected chi connectivity index (χ2v) is 10.2. The zero-order valence-electron chi connectivity index (χ0n) is 16.1. The Kier molecular flexibility index (Phi) is 6.61. The first kappa shape index (κ1) is 21.7. The molecule has 0 spiro atoms. The lowest BCUT2D eigenvalue weighted by Gasteiger charge is -2.17. The smallest absolute Gasteiger partial charge is 0.239 e. The fourth-order valence-electron chi connectivity index (χ4n) is 3.26. The van der Waals surface area contributed by atoms with E-state index in [1.165, 1.54) is 0 Å². The summed E-state index contributed by atoms with van der Waals surface area (Å²) in [4.78, 5) is 12.2. The summed E-state index contributed by atoms with van der Waals surface area (Å²) in [5.41, 5.74) is 2.33. The van der Waals surface area contributed by atoms with E-state index in [2.05, 4.69) is 10.6 Å². The number of carbonyl (C=O) groups excluding carboxylic acids is 1. The minimum atomic E-state index is -3.05. The number of anilines is 1. The van der Waals surface area contributed by atoms with Crippen LogP contribution in [0.4, 0.5) is 5.69 Å². The van der Waals surface area contributed by atoms with Crippen molar-refractivity contribution < 1.29 is 17.9 Å². The molecule has 0 aromatic heterocycles. The third kappa shape index (κ3) is 5.78. The predicted octanol–water partition coefficient (Wildman–Crippen LogP) is 4.12. The van der Waals surface area contributed by atoms with Crippen molar-refractivity contribution >= 4 is 44.6 Å². The van der Waals surface area contributed by atoms with Crippen LogP contribution in [0.5, 0.6) is 11.5 Å². The topological polar surface area (TPSA) is 84.5 Å². The highest BCUT2D eigenvalue weighted by Gasteiger charge is 2.28. The number of amides is 1. The maximum absolute atomic E-state index is 12.2. The van der Waals surface area contributed by atoms with Gasteiger partial charge in [-0.25, -0.2) is 8.42 Å². The summed E-state index contributed by atoms with van der Waals surface area (Å²) in [5, 5.41) is 6.89. The van der Waals surface area contributed by atoms with Crippen molar-refractivity contribution in [3.05, 3.63) is 51.5 Å². The number of benzene rings is 2. The molecule has 0 aliphatic carbocycles. The molecule has 1 aliphatic heterocycles. The van der Waals surface area contributed by atoms with E-state index in [0.29, 0.717) is 33.7 Å². The summed E-state index contributed by atoms with van der Waals surface area (Å²) < 4.78 is 29.1. The molecule has 2 N–H and O–H groups in total. The predicted molar refractivity (Wildman–Crippen MR) is 116 cm³/mol. The van der Waals surface area contributed by atoms with Crippen molar-refractivity contribution in [1.82, 2.24) is 5.32 Å². The zero-order valence-corrected chi connectivity index (χ0v) is 18.4. The molecule has 3 rings (SSSR count). The van der Waals surface area contributed by atoms with Gasteiger partial charge in [-0.3, -0.25) is 4.79 Å². The SMILES string of the molecule is Cc1cc(Cl)cc(C)c1Oc1ccc(Cl)cc1NCC(=O)N[C@H]1CCS(=O)(=O)C1. The van der Waals surface area contributed by atoms with E-state index in [1.807, 2.05) is 26.0 Å². The van der Waals surface area contributed by atoms with Crippen molar-refractivity contribution in [3.63, 3.8) is 0 Å². The van der Waals surface area contributed by atoms with Crippen LogP contribution in [0.2, 0.25) is 10.0 Å². The van der Waals surface area contributed by atoms with Crippen LogP contribution in [-0.4, -0.2) is 38.4 Å². The normalized spacial score (nSPS) is 17.7. The van der Waals surface area contributed by atoms with Gasteiger partial charge >= 0.3 is 0 Å². The minimum absolute atomic E-state index is 0.0145. The van der Waals surface area contributed by atoms with Gasteiger partial charge in [0.1, 0.15) is 5.75 Å². The van der Waals surface area contributed by atoms with Gasteiger partial charge in [-0.2, -0.15) is 0 Å². The molecule has 0 unspecified atom stereocenters. The summed E-state index contributed by atoms with van der Waals surface area (Å²) in [6, 6.07) is 8.38. The monoisotopic (exact) mass is 456 g/mol. The molecule has 6 nitrogen and oxygen atoms in total. The molecule has 9 heteroatoms. The lowest BCUT2D eigenvalue weighted by atomic mass is 10.1. The number of carbonyl (C=O) groups is 1. The van der Waals surface area contributed by atoms with Gasteiger partial charge in [-0.1, -0.05) is 23.2 Å². The molecular weight excluding hydrogens is 435 g/mol. The summed E-state index contributed by atoms with van der Waals surface area (Å²) in [6.45, 7) is 3.77. The number of hydrogen-bond acceptors (Lipinski definition) is 5. The highest BCUT2D eigenvalue weighted by atomic mass is 35.5. The van der Waals surface area contributed by atoms with Gasteiger partial charge in [-0.05, 0) is 61.7 Å². The number of ether oxygens (including phenoxy) is 1. The fourth-order valence-corrected chi connectivity index (χ4v) is 5.43. The Labute approximate surface area is 180 Å². The number of aryl methyl sites for hydroxylation is 2. The maximum Gasteiger partial charge on any atom is 0.239 e. The van der Waals surface area contributed by atoms with Crippen LogP contribution in [0.3, 0.4) is 0 Å². The van der Waals surface area contributed by atoms with E-state index in [1.54, 1.807) is 18.2 Å². The van der Waals surface area contributed by atoms with Crippen LogP contribution in [0.1, 0.15) is 17.5 Å². The van der Waals surface area contributed by atoms with Crippen LogP contribution in [0.15, 0.2) is 30.3 Å². The summed E-state index contributed by atoms with van der Waals surface area (Å²) in [5.74, 6) is 0.994. The zero-order chi connectivity index (χ0) is 21.2. The Morgan fingerprint density at radius 3 is 2.45 bits per heavy atom. The van der Waals surface area contributed by atoms with Gasteiger partial charge in [0.15, 0.2) is 15.6 Å². The summed E-state index contributed by atoms with van der Waals surface area (Å²) in [6.07, 6.45) is 0.439. The lowest BCUT2D eigenvalue weighted by molar-refractivity contribution is -0.119. The number of hydrogen-bond donors (Lipinski definition) is 2. The average Bonchev–Trinajstić information content (AvgIpc) is 2.96. The average molecular weight is 457 g/mol. The number of halogens is 2. The molecule has 2 aromatic rings. The van der Waals surface area contributed by atoms with Crippen LogP contribution in [-0.2, 0) is 14.6 Å². The van der Waals surface area contributed by atoms with Gasteiger partial charge in [0.2, 0.25) is 5.91 Å². The molecule has 1 atom stereocenters. The second kappa shape index (κ2) is 8.81. The molecular formula is C20H22Cl2N2O4S. The van der Waals surface area contributed by atoms with Gasteiger partial charge in [-0.15, -0.1) is 0 Å². The van der Waals surface area contributed by atoms with E-state index < -0.39 is 9.84 Å². The highest BCUT2D eigenvalue weighted by molar-refractivity contribution is 7.91. The van der Waals surface area contributed by atoms with E-state index >= 15 is 0 Å². The van der Waals surface area contributed by atoms with Gasteiger partial charge in [0, 0.05) is 16.1 Å². The van der Waals surface area contributed by atoms with Crippen molar-refractivity contribution in [3.8, 4) is 11.5 Å². The third-order valence-electron chi connectivity index (χ3n) is 4.62. The standard InChI is InChI=1S/C20H22Cl2N2O4S/c1-12-7-15(22)8-13(2)20(12)28-18-4-3-14(21)9-17(18)23-10-19(25)24-16-5-6-29(26,27)11-16/h3-4,7-9,16,23H,5-6,10-11H2,1-2H3,(H,24,25)/t16-/m0/s1. The molecule has 1 amide bonds. The van der Waals surface area contributed by atoms with Gasteiger partial charge < -0.3 is 15.4 Å². The number of sulfone groups is 1. The molecule has 0 radical (unpaired) electrons. The number of rotatable bonds is 6. The molecule has 156 valence electrons. The van der Waals surface area contributed by atoms with Crippen molar-refractivity contribution in [2.75, 3.05) is 23.4 Å². The first-order valence-corrected chi connectivity index (χ1v) is 11.7. The fraction of sp³-hybridized carbons (Fsp3) is 0.350. The van der Waals surface area contributed by atoms with Crippen molar-refractivity contribution in [2.45, 2.75) is 26.3 Å². The molecule has 1 heterocycles. The lowest BCUT2D eigenvalue weighted by Crippen LogP contribution is -2.39. The van der Waals surface area contributed by atoms with Crippen LogP contribution < -0.4 is 15.4 Å². The molecule has 1 fully saturated rings. The Morgan fingerprint density at radius 2 is 1.83 bits per heavy atom. The number of nitrogens with one attached hydrogen (secondary N) is 2. The van der Waals surface area contributed by atoms with E-state index in [4.69, 9.17) is 27.9 Å². The van der Waals surface area contributed by atoms with E-state index in [-0.39, 0.29) is 30.0 Å². The maximum atomic E-state index is 12.2. The quantitative estimate of drug-likeness (QED) is 0.682. The first-order chi connectivity index (χ1) is 13.6. The van der Waals surface area contributed by atoms with Crippen LogP contribution in [0.25, 0.3) is 0 Å². The molecule has 0 saturated carbocycles. The molecule has 2 aromatic carbocycles. The Balaban J connectivity index is 1.70. The van der Waals surface area contributed by atoms with Gasteiger partial charge in [0.25, 0.3) is 0 Å². The van der Waals surface area contributed by atoms with Crippen LogP contribution in [0, 0.1) is 13.8 Å². The largest absolute Gasteiger partial charge is 0.455 e. The van der Waals surface area contributed by atoms with Crippen LogP contribution >= 0.6 is 23.2 Å². The van der Waals surface area contributed by atoms with E-state index in [9.17, 15) is 13.2 Å². The van der Waals surface area contributed by atoms with E-state index in [0.717, 1.165) is 11.1 Å². The third-order valence-corrected chi connectivity index (χ3v) is 6.84. The molecule has 1 aliphatic rings. The van der Waals surface area contributed by atoms with Crippen molar-refractivity contribution in [1.29, 1.82) is 0 Å². The minimum Gasteiger partial charge on any atom is -0.455 e. The van der Waals surface area contributed by atoms with Crippen molar-refractivity contribution in [2.24, 2.45) is 0 Å². The molecule has 1 saturated heterocycles. The summed E-state index contributed by atoms with van der Waals surface area (Å²) >= 11 is 12.2. The Hall–Kier alpha value is -1.96. The molecule has 0 bridgehead atoms. The second-order valence-electron chi connectivity index (χ2n) is 7.13. The highest BCUT2D eigenvalue weighted by Crippen LogP contribution is 2.36. The first-order valence-electron chi connectivity index (χ1n) is 9.11. The Morgan fingerprint density at radius 1 is 1.14 bits per heavy atom. The Bertz CT molecular complexity index is 1020. The van der Waals surface area contributed by atoms with Gasteiger partial charge in [0.05, 0.1) is 23.7 Å². The summed E-state index contributed by atoms with van der Waals surface area (Å²) in [7, 11) is -3.05.